The lowest BCUT2D eigenvalue weighted by Gasteiger charge is -2.34. The van der Waals surface area contributed by atoms with Gasteiger partial charge < -0.3 is 4.90 Å². The van der Waals surface area contributed by atoms with Crippen LogP contribution in [0, 0.1) is 11.6 Å². The SMILES string of the molecule is O=C(CN1CCCC1)N1CCN(S(=O)(=O)c2c(F)cccc2F)CC1. The number of likely N-dealkylation sites (tertiary alicyclic amines) is 1. The molecule has 2 aliphatic heterocycles. The maximum absolute atomic E-state index is 13.8. The molecule has 25 heavy (non-hydrogen) atoms. The van der Waals surface area contributed by atoms with E-state index in [4.69, 9.17) is 0 Å². The summed E-state index contributed by atoms with van der Waals surface area (Å²) in [4.78, 5) is 15.1. The van der Waals surface area contributed by atoms with Gasteiger partial charge in [0.05, 0.1) is 6.54 Å². The summed E-state index contributed by atoms with van der Waals surface area (Å²) in [6.45, 7) is 2.67. The third kappa shape index (κ3) is 3.83. The van der Waals surface area contributed by atoms with Crippen molar-refractivity contribution < 1.29 is 22.0 Å². The van der Waals surface area contributed by atoms with E-state index in [0.717, 1.165) is 48.4 Å². The lowest BCUT2D eigenvalue weighted by molar-refractivity contribution is -0.133. The molecule has 0 aliphatic carbocycles. The van der Waals surface area contributed by atoms with Gasteiger partial charge in [0.1, 0.15) is 11.6 Å². The van der Waals surface area contributed by atoms with Gasteiger partial charge in [-0.15, -0.1) is 0 Å². The quantitative estimate of drug-likeness (QED) is 0.787. The Morgan fingerprint density at radius 2 is 1.52 bits per heavy atom. The molecule has 0 unspecified atom stereocenters. The van der Waals surface area contributed by atoms with Gasteiger partial charge in [0.25, 0.3) is 0 Å². The Hall–Kier alpha value is -1.58. The number of sulfonamides is 1. The summed E-state index contributed by atoms with van der Waals surface area (Å²) in [6.07, 6.45) is 2.18. The summed E-state index contributed by atoms with van der Waals surface area (Å²) in [5.74, 6) is -2.24. The molecular formula is C16H21F2N3O3S. The minimum absolute atomic E-state index is 0.0296. The van der Waals surface area contributed by atoms with Crippen molar-refractivity contribution in [3.05, 3.63) is 29.8 Å². The highest BCUT2D eigenvalue weighted by Crippen LogP contribution is 2.23. The Morgan fingerprint density at radius 1 is 0.960 bits per heavy atom. The van der Waals surface area contributed by atoms with Crippen molar-refractivity contribution in [3.8, 4) is 0 Å². The Bertz CT molecular complexity index is 723. The van der Waals surface area contributed by atoms with Gasteiger partial charge >= 0.3 is 0 Å². The van der Waals surface area contributed by atoms with Crippen molar-refractivity contribution in [2.24, 2.45) is 0 Å². The zero-order valence-electron chi connectivity index (χ0n) is 13.8. The first kappa shape index (κ1) is 18.2. The first-order chi connectivity index (χ1) is 11.9. The number of piperazine rings is 1. The lowest BCUT2D eigenvalue weighted by atomic mass is 10.3. The lowest BCUT2D eigenvalue weighted by Crippen LogP contribution is -2.52. The van der Waals surface area contributed by atoms with Crippen LogP contribution in [-0.2, 0) is 14.8 Å². The number of hydrogen-bond acceptors (Lipinski definition) is 4. The van der Waals surface area contributed by atoms with E-state index in [0.29, 0.717) is 6.54 Å². The van der Waals surface area contributed by atoms with Crippen molar-refractivity contribution in [1.82, 2.24) is 14.1 Å². The highest BCUT2D eigenvalue weighted by molar-refractivity contribution is 7.89. The minimum Gasteiger partial charge on any atom is -0.339 e. The van der Waals surface area contributed by atoms with Crippen molar-refractivity contribution in [2.45, 2.75) is 17.7 Å². The molecular weight excluding hydrogens is 352 g/mol. The fraction of sp³-hybridized carbons (Fsp3) is 0.562. The molecule has 0 bridgehead atoms. The molecule has 1 amide bonds. The third-order valence-electron chi connectivity index (χ3n) is 4.67. The zero-order valence-corrected chi connectivity index (χ0v) is 14.6. The van der Waals surface area contributed by atoms with Crippen LogP contribution >= 0.6 is 0 Å². The summed E-state index contributed by atoms with van der Waals surface area (Å²) < 4.78 is 53.7. The smallest absolute Gasteiger partial charge is 0.249 e. The average molecular weight is 373 g/mol. The van der Waals surface area contributed by atoms with E-state index in [1.54, 1.807) is 4.90 Å². The first-order valence-corrected chi connectivity index (χ1v) is 9.78. The number of benzene rings is 1. The van der Waals surface area contributed by atoms with Gasteiger partial charge in [0.2, 0.25) is 15.9 Å². The van der Waals surface area contributed by atoms with Crippen LogP contribution in [0.3, 0.4) is 0 Å². The van der Waals surface area contributed by atoms with Crippen molar-refractivity contribution in [2.75, 3.05) is 45.8 Å². The van der Waals surface area contributed by atoms with Crippen LogP contribution in [-0.4, -0.2) is 74.2 Å². The number of halogens is 2. The van der Waals surface area contributed by atoms with Crippen molar-refractivity contribution >= 4 is 15.9 Å². The summed E-state index contributed by atoms with van der Waals surface area (Å²) in [6, 6.07) is 2.97. The topological polar surface area (TPSA) is 60.9 Å². The summed E-state index contributed by atoms with van der Waals surface area (Å²) >= 11 is 0. The van der Waals surface area contributed by atoms with Gasteiger partial charge in [-0.1, -0.05) is 6.07 Å². The molecule has 0 atom stereocenters. The molecule has 2 heterocycles. The van der Waals surface area contributed by atoms with Gasteiger partial charge in [-0.3, -0.25) is 9.69 Å². The van der Waals surface area contributed by atoms with Crippen molar-refractivity contribution in [3.63, 3.8) is 0 Å². The minimum atomic E-state index is -4.26. The maximum atomic E-state index is 13.8. The fourth-order valence-electron chi connectivity index (χ4n) is 3.27. The monoisotopic (exact) mass is 373 g/mol. The Kier molecular flexibility index (Phi) is 5.35. The zero-order chi connectivity index (χ0) is 18.0. The number of rotatable bonds is 4. The molecule has 2 saturated heterocycles. The van der Waals surface area contributed by atoms with Gasteiger partial charge in [0.15, 0.2) is 4.90 Å². The number of carbonyl (C=O) groups is 1. The predicted octanol–water partition coefficient (Wildman–Crippen LogP) is 0.893. The van der Waals surface area contributed by atoms with E-state index in [9.17, 15) is 22.0 Å². The van der Waals surface area contributed by atoms with Crippen molar-refractivity contribution in [1.29, 1.82) is 0 Å². The highest BCUT2D eigenvalue weighted by Gasteiger charge is 2.34. The molecule has 0 aromatic heterocycles. The van der Waals surface area contributed by atoms with Crippen LogP contribution in [0.1, 0.15) is 12.8 Å². The Labute approximate surface area is 146 Å². The molecule has 3 rings (SSSR count). The Balaban J connectivity index is 1.64. The van der Waals surface area contributed by atoms with E-state index < -0.39 is 26.6 Å². The molecule has 0 N–H and O–H groups in total. The molecule has 2 fully saturated rings. The normalized spacial score (nSPS) is 20.2. The van der Waals surface area contributed by atoms with Crippen LogP contribution in [0.15, 0.2) is 23.1 Å². The van der Waals surface area contributed by atoms with E-state index in [1.807, 2.05) is 0 Å². The largest absolute Gasteiger partial charge is 0.339 e. The van der Waals surface area contributed by atoms with E-state index in [-0.39, 0.29) is 32.1 Å². The number of carbonyl (C=O) groups excluding carboxylic acids is 1. The van der Waals surface area contributed by atoms with E-state index >= 15 is 0 Å². The average Bonchev–Trinajstić information content (AvgIpc) is 3.07. The maximum Gasteiger partial charge on any atom is 0.249 e. The van der Waals surface area contributed by atoms with E-state index in [1.165, 1.54) is 0 Å². The fourth-order valence-corrected chi connectivity index (χ4v) is 4.80. The summed E-state index contributed by atoms with van der Waals surface area (Å²) in [5.41, 5.74) is 0. The first-order valence-electron chi connectivity index (χ1n) is 8.34. The number of amides is 1. The Morgan fingerprint density at radius 3 is 2.08 bits per heavy atom. The second kappa shape index (κ2) is 7.35. The number of nitrogens with zero attached hydrogens (tertiary/aromatic N) is 3. The molecule has 0 radical (unpaired) electrons. The third-order valence-corrected chi connectivity index (χ3v) is 6.62. The summed E-state index contributed by atoms with van der Waals surface area (Å²) in [5, 5.41) is 0. The van der Waals surface area contributed by atoms with Gasteiger partial charge in [-0.25, -0.2) is 17.2 Å². The van der Waals surface area contributed by atoms with Gasteiger partial charge in [0, 0.05) is 26.2 Å². The van der Waals surface area contributed by atoms with Crippen LogP contribution in [0.4, 0.5) is 8.78 Å². The van der Waals surface area contributed by atoms with Crippen LogP contribution in [0.5, 0.6) is 0 Å². The molecule has 0 spiro atoms. The standard InChI is InChI=1S/C16H21F2N3O3S/c17-13-4-3-5-14(18)16(13)25(23,24)21-10-8-20(9-11-21)15(22)12-19-6-1-2-7-19/h3-5H,1-2,6-12H2. The molecule has 1 aromatic rings. The molecule has 0 saturated carbocycles. The molecule has 6 nitrogen and oxygen atoms in total. The molecule has 138 valence electrons. The van der Waals surface area contributed by atoms with Crippen LogP contribution in [0.25, 0.3) is 0 Å². The second-order valence-electron chi connectivity index (χ2n) is 6.32. The number of hydrogen-bond donors (Lipinski definition) is 0. The van der Waals surface area contributed by atoms with Crippen LogP contribution in [0.2, 0.25) is 0 Å². The molecule has 1 aromatic carbocycles. The molecule has 2 aliphatic rings. The van der Waals surface area contributed by atoms with Gasteiger partial charge in [-0.05, 0) is 38.1 Å². The van der Waals surface area contributed by atoms with Gasteiger partial charge in [-0.2, -0.15) is 4.31 Å². The highest BCUT2D eigenvalue weighted by atomic mass is 32.2. The second-order valence-corrected chi connectivity index (χ2v) is 8.19. The predicted molar refractivity (Wildman–Crippen MR) is 87.4 cm³/mol. The molecule has 9 heteroatoms. The van der Waals surface area contributed by atoms with Crippen LogP contribution < -0.4 is 0 Å². The van der Waals surface area contributed by atoms with E-state index in [2.05, 4.69) is 4.90 Å². The summed E-state index contributed by atoms with van der Waals surface area (Å²) in [7, 11) is -4.26.